The number of aromatic nitrogens is 1. The van der Waals surface area contributed by atoms with Crippen molar-refractivity contribution >= 4 is 21.9 Å². The minimum Gasteiger partial charge on any atom is -0.478 e. The van der Waals surface area contributed by atoms with Crippen LogP contribution in [0.25, 0.3) is 0 Å². The maximum atomic E-state index is 11.8. The van der Waals surface area contributed by atoms with Crippen LogP contribution in [-0.4, -0.2) is 15.6 Å². The molecule has 1 N–H and O–H groups in total. The molecule has 2 rings (SSSR count). The van der Waals surface area contributed by atoms with E-state index in [1.54, 1.807) is 11.6 Å². The largest absolute Gasteiger partial charge is 0.478 e. The molecule has 1 aromatic heterocycles. The third-order valence-electron chi connectivity index (χ3n) is 3.07. The average molecular weight is 286 g/mol. The summed E-state index contributed by atoms with van der Waals surface area (Å²) in [5.41, 5.74) is 1.57. The molecule has 0 saturated heterocycles. The zero-order valence-corrected chi connectivity index (χ0v) is 10.5. The molecule has 86 valence electrons. The van der Waals surface area contributed by atoms with E-state index in [1.807, 2.05) is 0 Å². The summed E-state index contributed by atoms with van der Waals surface area (Å²) in [7, 11) is 1.70. The first-order valence-corrected chi connectivity index (χ1v) is 5.97. The maximum Gasteiger partial charge on any atom is 0.337 e. The Morgan fingerprint density at radius 3 is 2.62 bits per heavy atom. The second kappa shape index (κ2) is 4.05. The van der Waals surface area contributed by atoms with Crippen molar-refractivity contribution in [1.29, 1.82) is 0 Å². The molecule has 5 heteroatoms. The van der Waals surface area contributed by atoms with Gasteiger partial charge in [0, 0.05) is 12.7 Å². The van der Waals surface area contributed by atoms with Gasteiger partial charge in [0.15, 0.2) is 0 Å². The summed E-state index contributed by atoms with van der Waals surface area (Å²) >= 11 is 3.10. The van der Waals surface area contributed by atoms with Gasteiger partial charge in [0.05, 0.1) is 10.0 Å². The Kier molecular flexibility index (Phi) is 2.88. The lowest BCUT2D eigenvalue weighted by Crippen LogP contribution is -2.28. The van der Waals surface area contributed by atoms with Crippen LogP contribution in [0.4, 0.5) is 0 Å². The van der Waals surface area contributed by atoms with Crippen LogP contribution in [0.15, 0.2) is 9.27 Å². The Labute approximate surface area is 101 Å². The number of carbonyl (C=O) groups is 1. The summed E-state index contributed by atoms with van der Waals surface area (Å²) in [6.07, 6.45) is 3.53. The molecule has 0 atom stereocenters. The molecule has 1 aliphatic carbocycles. The van der Waals surface area contributed by atoms with Gasteiger partial charge in [-0.3, -0.25) is 4.79 Å². The van der Waals surface area contributed by atoms with Crippen molar-refractivity contribution in [3.63, 3.8) is 0 Å². The zero-order valence-electron chi connectivity index (χ0n) is 8.92. The van der Waals surface area contributed by atoms with E-state index in [4.69, 9.17) is 5.11 Å². The molecule has 0 aliphatic heterocycles. The third kappa shape index (κ3) is 1.59. The van der Waals surface area contributed by atoms with Crippen molar-refractivity contribution in [1.82, 2.24) is 4.57 Å². The average Bonchev–Trinajstić information content (AvgIpc) is 2.26. The monoisotopic (exact) mass is 285 g/mol. The van der Waals surface area contributed by atoms with E-state index in [9.17, 15) is 9.59 Å². The Bertz CT molecular complexity index is 519. The normalized spacial score (nSPS) is 14.6. The zero-order chi connectivity index (χ0) is 11.9. The summed E-state index contributed by atoms with van der Waals surface area (Å²) < 4.78 is 1.73. The molecular formula is C11H12BrNO3. The number of fused-ring (bicyclic) bond motifs is 1. The molecule has 4 nitrogen and oxygen atoms in total. The first-order valence-electron chi connectivity index (χ1n) is 5.17. The van der Waals surface area contributed by atoms with E-state index in [2.05, 4.69) is 15.9 Å². The highest BCUT2D eigenvalue weighted by Crippen LogP contribution is 2.27. The summed E-state index contributed by atoms with van der Waals surface area (Å²) in [5.74, 6) is -1.03. The molecule has 1 aliphatic rings. The second-order valence-corrected chi connectivity index (χ2v) is 4.78. The number of aromatic carboxylic acids is 1. The highest BCUT2D eigenvalue weighted by Gasteiger charge is 2.24. The van der Waals surface area contributed by atoms with Gasteiger partial charge in [-0.2, -0.15) is 0 Å². The first-order chi connectivity index (χ1) is 7.54. The summed E-state index contributed by atoms with van der Waals surface area (Å²) in [6, 6.07) is 0. The van der Waals surface area contributed by atoms with Gasteiger partial charge in [0.2, 0.25) is 0 Å². The van der Waals surface area contributed by atoms with E-state index in [-0.39, 0.29) is 15.6 Å². The third-order valence-corrected chi connectivity index (χ3v) is 3.81. The highest BCUT2D eigenvalue weighted by atomic mass is 79.9. The lowest BCUT2D eigenvalue weighted by Gasteiger charge is -2.21. The standard InChI is InChI=1S/C11H12BrNO3/c1-13-7-5-3-2-4-6(7)8(11(15)16)9(12)10(13)14/h2-5H2,1H3,(H,15,16). The van der Waals surface area contributed by atoms with Gasteiger partial charge in [-0.05, 0) is 47.2 Å². The van der Waals surface area contributed by atoms with Crippen molar-refractivity contribution in [2.24, 2.45) is 7.05 Å². The number of carboxylic acids is 1. The van der Waals surface area contributed by atoms with Crippen LogP contribution in [0.2, 0.25) is 0 Å². The van der Waals surface area contributed by atoms with Crippen molar-refractivity contribution in [3.05, 3.63) is 31.6 Å². The van der Waals surface area contributed by atoms with Gasteiger partial charge >= 0.3 is 5.97 Å². The lowest BCUT2D eigenvalue weighted by molar-refractivity contribution is 0.0693. The Morgan fingerprint density at radius 1 is 1.38 bits per heavy atom. The van der Waals surface area contributed by atoms with Crippen LogP contribution in [0, 0.1) is 0 Å². The fraction of sp³-hybridized carbons (Fsp3) is 0.455. The van der Waals surface area contributed by atoms with E-state index < -0.39 is 5.97 Å². The number of hydrogen-bond acceptors (Lipinski definition) is 2. The predicted octanol–water partition coefficient (Wildman–Crippen LogP) is 1.72. The number of hydrogen-bond donors (Lipinski definition) is 1. The molecular weight excluding hydrogens is 274 g/mol. The number of rotatable bonds is 1. The fourth-order valence-electron chi connectivity index (χ4n) is 2.26. The fourth-order valence-corrected chi connectivity index (χ4v) is 2.94. The van der Waals surface area contributed by atoms with E-state index in [1.165, 1.54) is 0 Å². The quantitative estimate of drug-likeness (QED) is 0.855. The molecule has 0 unspecified atom stereocenters. The van der Waals surface area contributed by atoms with Gasteiger partial charge in [-0.15, -0.1) is 0 Å². The number of nitrogens with zero attached hydrogens (tertiary/aromatic N) is 1. The van der Waals surface area contributed by atoms with Gasteiger partial charge in [0.25, 0.3) is 5.56 Å². The molecule has 0 bridgehead atoms. The van der Waals surface area contributed by atoms with Crippen LogP contribution in [-0.2, 0) is 19.9 Å². The van der Waals surface area contributed by atoms with E-state index in [0.717, 1.165) is 36.9 Å². The Balaban J connectivity index is 2.83. The van der Waals surface area contributed by atoms with Gasteiger partial charge in [0.1, 0.15) is 0 Å². The molecule has 1 heterocycles. The molecule has 0 amide bonds. The number of pyridine rings is 1. The summed E-state index contributed by atoms with van der Waals surface area (Å²) in [4.78, 5) is 23.0. The molecule has 1 aromatic rings. The molecule has 0 spiro atoms. The molecule has 16 heavy (non-hydrogen) atoms. The van der Waals surface area contributed by atoms with Crippen LogP contribution >= 0.6 is 15.9 Å². The van der Waals surface area contributed by atoms with Crippen molar-refractivity contribution in [3.8, 4) is 0 Å². The number of halogens is 1. The highest BCUT2D eigenvalue weighted by molar-refractivity contribution is 9.10. The van der Waals surface area contributed by atoms with Crippen LogP contribution in [0.1, 0.15) is 34.5 Å². The van der Waals surface area contributed by atoms with Gasteiger partial charge in [-0.25, -0.2) is 4.79 Å². The lowest BCUT2D eigenvalue weighted by atomic mass is 9.92. The second-order valence-electron chi connectivity index (χ2n) is 3.99. The summed E-state index contributed by atoms with van der Waals surface area (Å²) in [5, 5.41) is 9.16. The van der Waals surface area contributed by atoms with Crippen molar-refractivity contribution in [2.75, 3.05) is 0 Å². The molecule has 0 aromatic carbocycles. The molecule has 0 radical (unpaired) electrons. The van der Waals surface area contributed by atoms with E-state index >= 15 is 0 Å². The summed E-state index contributed by atoms with van der Waals surface area (Å²) in [6.45, 7) is 0. The minimum atomic E-state index is -1.03. The smallest absolute Gasteiger partial charge is 0.337 e. The predicted molar refractivity (Wildman–Crippen MR) is 63.0 cm³/mol. The number of carboxylic acid groups (broad SMARTS) is 1. The van der Waals surface area contributed by atoms with Crippen LogP contribution < -0.4 is 5.56 Å². The SMILES string of the molecule is Cn1c2c(c(C(=O)O)c(Br)c1=O)CCCC2. The van der Waals surface area contributed by atoms with Crippen molar-refractivity contribution < 1.29 is 9.90 Å². The Morgan fingerprint density at radius 2 is 2.00 bits per heavy atom. The first kappa shape index (κ1) is 11.4. The topological polar surface area (TPSA) is 59.3 Å². The van der Waals surface area contributed by atoms with Crippen LogP contribution in [0.3, 0.4) is 0 Å². The minimum absolute atomic E-state index is 0.151. The molecule has 0 saturated carbocycles. The Hall–Kier alpha value is -1.10. The molecule has 0 fully saturated rings. The van der Waals surface area contributed by atoms with Gasteiger partial charge < -0.3 is 9.67 Å². The maximum absolute atomic E-state index is 11.8. The van der Waals surface area contributed by atoms with Crippen LogP contribution in [0.5, 0.6) is 0 Å². The van der Waals surface area contributed by atoms with Crippen molar-refractivity contribution in [2.45, 2.75) is 25.7 Å². The van der Waals surface area contributed by atoms with E-state index in [0.29, 0.717) is 0 Å². The van der Waals surface area contributed by atoms with Gasteiger partial charge in [-0.1, -0.05) is 0 Å².